The standard InChI is InChI=1S/C24H29ClN4O2S2/c1-15(2)22-26-23(21-19-9-4-16(3)14-20(19)32-24(21)27-22)28-10-12-29(13-11-28)33(30,31)18-7-5-17(25)6-8-18/h5-8,15-16H,4,9-14H2,1-3H3. The summed E-state index contributed by atoms with van der Waals surface area (Å²) in [7, 11) is -3.54. The number of aryl methyl sites for hydroxylation is 1. The van der Waals surface area contributed by atoms with E-state index in [1.54, 1.807) is 28.6 Å². The molecule has 0 N–H and O–H groups in total. The first-order chi connectivity index (χ1) is 15.7. The zero-order chi connectivity index (χ0) is 23.3. The number of hydrogen-bond acceptors (Lipinski definition) is 6. The number of hydrogen-bond donors (Lipinski definition) is 0. The van der Waals surface area contributed by atoms with E-state index in [1.165, 1.54) is 22.2 Å². The van der Waals surface area contributed by atoms with Crippen LogP contribution in [-0.4, -0.2) is 48.9 Å². The Morgan fingerprint density at radius 3 is 2.45 bits per heavy atom. The predicted molar refractivity (Wildman–Crippen MR) is 135 cm³/mol. The average molecular weight is 505 g/mol. The van der Waals surface area contributed by atoms with Gasteiger partial charge in [-0.15, -0.1) is 11.3 Å². The van der Waals surface area contributed by atoms with E-state index in [0.717, 1.165) is 29.3 Å². The van der Waals surface area contributed by atoms with Gasteiger partial charge in [-0.2, -0.15) is 4.31 Å². The quantitative estimate of drug-likeness (QED) is 0.494. The molecule has 0 saturated carbocycles. The van der Waals surface area contributed by atoms with E-state index in [-0.39, 0.29) is 10.8 Å². The number of anilines is 1. The summed E-state index contributed by atoms with van der Waals surface area (Å²) in [5, 5.41) is 1.72. The van der Waals surface area contributed by atoms with Crippen molar-refractivity contribution in [2.24, 2.45) is 5.92 Å². The molecular weight excluding hydrogens is 476 g/mol. The topological polar surface area (TPSA) is 66.4 Å². The molecule has 0 spiro atoms. The Balaban J connectivity index is 1.46. The molecule has 33 heavy (non-hydrogen) atoms. The fourth-order valence-electron chi connectivity index (χ4n) is 4.72. The van der Waals surface area contributed by atoms with E-state index in [2.05, 4.69) is 25.7 Å². The summed E-state index contributed by atoms with van der Waals surface area (Å²) >= 11 is 7.76. The Morgan fingerprint density at radius 1 is 1.09 bits per heavy atom. The lowest BCUT2D eigenvalue weighted by atomic mass is 9.89. The van der Waals surface area contributed by atoms with Gasteiger partial charge in [0.25, 0.3) is 0 Å². The Kier molecular flexibility index (Phi) is 6.14. The summed E-state index contributed by atoms with van der Waals surface area (Å²) in [6.45, 7) is 8.64. The summed E-state index contributed by atoms with van der Waals surface area (Å²) in [5.74, 6) is 2.78. The van der Waals surface area contributed by atoms with Crippen molar-refractivity contribution >= 4 is 49.0 Å². The van der Waals surface area contributed by atoms with E-state index in [9.17, 15) is 8.42 Å². The smallest absolute Gasteiger partial charge is 0.243 e. The zero-order valence-electron chi connectivity index (χ0n) is 19.2. The molecule has 0 amide bonds. The van der Waals surface area contributed by atoms with E-state index < -0.39 is 10.0 Å². The number of thiophene rings is 1. The lowest BCUT2D eigenvalue weighted by Gasteiger charge is -2.35. The molecule has 1 aliphatic carbocycles. The van der Waals surface area contributed by atoms with Crippen LogP contribution in [0, 0.1) is 5.92 Å². The Hall–Kier alpha value is -1.74. The van der Waals surface area contributed by atoms with Crippen LogP contribution >= 0.6 is 22.9 Å². The van der Waals surface area contributed by atoms with E-state index in [0.29, 0.717) is 37.1 Å². The molecule has 176 valence electrons. The highest BCUT2D eigenvalue weighted by Crippen LogP contribution is 2.41. The summed E-state index contributed by atoms with van der Waals surface area (Å²) in [6.07, 6.45) is 3.37. The molecular formula is C24H29ClN4O2S2. The van der Waals surface area contributed by atoms with Crippen molar-refractivity contribution in [3.63, 3.8) is 0 Å². The second-order valence-corrected chi connectivity index (χ2v) is 12.9. The first-order valence-electron chi connectivity index (χ1n) is 11.6. The molecule has 1 atom stereocenters. The molecule has 1 fully saturated rings. The first-order valence-corrected chi connectivity index (χ1v) is 14.2. The minimum atomic E-state index is -3.54. The minimum Gasteiger partial charge on any atom is -0.353 e. The van der Waals surface area contributed by atoms with Crippen molar-refractivity contribution in [1.29, 1.82) is 0 Å². The van der Waals surface area contributed by atoms with Crippen molar-refractivity contribution in [2.45, 2.75) is 50.8 Å². The monoisotopic (exact) mass is 504 g/mol. The van der Waals surface area contributed by atoms with Gasteiger partial charge in [0, 0.05) is 42.0 Å². The number of halogens is 1. The summed E-state index contributed by atoms with van der Waals surface area (Å²) in [6, 6.07) is 6.39. The second-order valence-electron chi connectivity index (χ2n) is 9.44. The normalized spacial score (nSPS) is 19.9. The van der Waals surface area contributed by atoms with E-state index in [4.69, 9.17) is 21.6 Å². The number of aromatic nitrogens is 2. The molecule has 3 heterocycles. The summed E-state index contributed by atoms with van der Waals surface area (Å²) in [4.78, 5) is 15.0. The summed E-state index contributed by atoms with van der Waals surface area (Å²) < 4.78 is 27.8. The van der Waals surface area contributed by atoms with Crippen LogP contribution in [0.4, 0.5) is 5.82 Å². The molecule has 2 aromatic heterocycles. The number of benzene rings is 1. The third-order valence-electron chi connectivity index (χ3n) is 6.66. The lowest BCUT2D eigenvalue weighted by molar-refractivity contribution is 0.384. The van der Waals surface area contributed by atoms with Gasteiger partial charge in [-0.05, 0) is 55.0 Å². The highest BCUT2D eigenvalue weighted by molar-refractivity contribution is 7.89. The molecule has 1 unspecified atom stereocenters. The molecule has 5 rings (SSSR count). The van der Waals surface area contributed by atoms with Crippen molar-refractivity contribution in [2.75, 3.05) is 31.1 Å². The number of rotatable bonds is 4. The molecule has 2 aliphatic rings. The fraction of sp³-hybridized carbons (Fsp3) is 0.500. The van der Waals surface area contributed by atoms with Crippen LogP contribution in [0.5, 0.6) is 0 Å². The van der Waals surface area contributed by atoms with E-state index in [1.807, 2.05) is 11.3 Å². The Labute approximate surface area is 204 Å². The largest absolute Gasteiger partial charge is 0.353 e. The highest BCUT2D eigenvalue weighted by atomic mass is 35.5. The van der Waals surface area contributed by atoms with Crippen LogP contribution in [-0.2, 0) is 22.9 Å². The zero-order valence-corrected chi connectivity index (χ0v) is 21.6. The van der Waals surface area contributed by atoms with Gasteiger partial charge in [-0.1, -0.05) is 32.4 Å². The maximum atomic E-state index is 13.1. The first kappa shape index (κ1) is 23.0. The van der Waals surface area contributed by atoms with Crippen LogP contribution in [0.3, 0.4) is 0 Å². The molecule has 3 aromatic rings. The van der Waals surface area contributed by atoms with Crippen LogP contribution in [0.25, 0.3) is 10.2 Å². The molecule has 1 saturated heterocycles. The van der Waals surface area contributed by atoms with Crippen molar-refractivity contribution < 1.29 is 8.42 Å². The average Bonchev–Trinajstić information content (AvgIpc) is 3.16. The van der Waals surface area contributed by atoms with Crippen LogP contribution in [0.2, 0.25) is 5.02 Å². The van der Waals surface area contributed by atoms with Gasteiger partial charge < -0.3 is 4.90 Å². The van der Waals surface area contributed by atoms with Crippen LogP contribution in [0.1, 0.15) is 49.4 Å². The van der Waals surface area contributed by atoms with Gasteiger partial charge in [0.15, 0.2) is 0 Å². The van der Waals surface area contributed by atoms with Gasteiger partial charge in [0.1, 0.15) is 16.5 Å². The molecule has 6 nitrogen and oxygen atoms in total. The van der Waals surface area contributed by atoms with Gasteiger partial charge in [0.2, 0.25) is 10.0 Å². The Bertz CT molecular complexity index is 1280. The number of piperazine rings is 1. The van der Waals surface area contributed by atoms with E-state index >= 15 is 0 Å². The molecule has 0 radical (unpaired) electrons. The lowest BCUT2D eigenvalue weighted by Crippen LogP contribution is -2.49. The van der Waals surface area contributed by atoms with Crippen LogP contribution in [0.15, 0.2) is 29.2 Å². The third kappa shape index (κ3) is 4.27. The summed E-state index contributed by atoms with van der Waals surface area (Å²) in [5.41, 5.74) is 1.41. The molecule has 1 aliphatic heterocycles. The van der Waals surface area contributed by atoms with Gasteiger partial charge in [0.05, 0.1) is 10.3 Å². The van der Waals surface area contributed by atoms with Crippen molar-refractivity contribution in [1.82, 2.24) is 14.3 Å². The third-order valence-corrected chi connectivity index (χ3v) is 9.97. The minimum absolute atomic E-state index is 0.234. The molecule has 9 heteroatoms. The van der Waals surface area contributed by atoms with Crippen molar-refractivity contribution in [3.8, 4) is 0 Å². The SMILES string of the molecule is CC1CCc2c(sc3nc(C(C)C)nc(N4CCN(S(=O)(=O)c5ccc(Cl)cc5)CC4)c23)C1. The molecule has 0 bridgehead atoms. The number of sulfonamides is 1. The maximum absolute atomic E-state index is 13.1. The fourth-order valence-corrected chi connectivity index (χ4v) is 7.65. The number of fused-ring (bicyclic) bond motifs is 3. The van der Waals surface area contributed by atoms with Gasteiger partial charge >= 0.3 is 0 Å². The maximum Gasteiger partial charge on any atom is 0.243 e. The predicted octanol–water partition coefficient (Wildman–Crippen LogP) is 5.10. The van der Waals surface area contributed by atoms with Gasteiger partial charge in [-0.3, -0.25) is 0 Å². The van der Waals surface area contributed by atoms with Crippen molar-refractivity contribution in [3.05, 3.63) is 45.6 Å². The Morgan fingerprint density at radius 2 is 1.79 bits per heavy atom. The molecule has 1 aromatic carbocycles. The van der Waals surface area contributed by atoms with Gasteiger partial charge in [-0.25, -0.2) is 18.4 Å². The second kappa shape index (κ2) is 8.80. The number of nitrogens with zero attached hydrogens (tertiary/aromatic N) is 4. The highest BCUT2D eigenvalue weighted by Gasteiger charge is 2.32. The van der Waals surface area contributed by atoms with Crippen LogP contribution < -0.4 is 4.90 Å².